The molecular weight excluding hydrogens is 334 g/mol. The maximum absolute atomic E-state index is 12.0. The fourth-order valence-electron chi connectivity index (χ4n) is 2.22. The minimum absolute atomic E-state index is 0.169. The summed E-state index contributed by atoms with van der Waals surface area (Å²) in [5.74, 6) is -1.65. The van der Waals surface area contributed by atoms with Crippen LogP contribution >= 0.6 is 0 Å². The largest absolute Gasteiger partial charge is 0.544 e. The molecule has 6 N–H and O–H groups in total. The van der Waals surface area contributed by atoms with Crippen LogP contribution in [0.1, 0.15) is 6.42 Å². The summed E-state index contributed by atoms with van der Waals surface area (Å²) in [5, 5.41) is 23.5. The Labute approximate surface area is 151 Å². The van der Waals surface area contributed by atoms with Gasteiger partial charge in [0.1, 0.15) is 19.1 Å². The molecule has 0 bridgehead atoms. The molecule has 0 saturated heterocycles. The number of carboxylic acid groups (broad SMARTS) is 1. The lowest BCUT2D eigenvalue weighted by Gasteiger charge is -2.15. The molecule has 0 heterocycles. The van der Waals surface area contributed by atoms with E-state index in [4.69, 9.17) is 0 Å². The summed E-state index contributed by atoms with van der Waals surface area (Å²) in [4.78, 5) is 23.1. The second kappa shape index (κ2) is 10.0. The molecular formula is C18H22N5O3+. The third kappa shape index (κ3) is 6.42. The number of quaternary nitrogens is 2. The molecule has 0 aliphatic heterocycles. The number of nitrogens with zero attached hydrogens (tertiary/aromatic N) is 2. The van der Waals surface area contributed by atoms with Crippen molar-refractivity contribution in [3.8, 4) is 0 Å². The Balaban J connectivity index is 1.90. The van der Waals surface area contributed by atoms with Crippen molar-refractivity contribution in [1.29, 1.82) is 0 Å². The second-order valence-corrected chi connectivity index (χ2v) is 5.64. The monoisotopic (exact) mass is 356 g/mol. The summed E-state index contributed by atoms with van der Waals surface area (Å²) in [7, 11) is 0. The van der Waals surface area contributed by atoms with Crippen LogP contribution in [0, 0.1) is 0 Å². The maximum Gasteiger partial charge on any atom is 0.230 e. The number of rotatable bonds is 9. The Morgan fingerprint density at radius 1 is 1.04 bits per heavy atom. The molecule has 8 nitrogen and oxygen atoms in total. The SMILES string of the molecule is [NH3+]CC[NH2+][C@@H](CC(=O)Nc1ccc(N=Nc2ccccc2)cc1)C(=O)[O-]. The molecule has 1 amide bonds. The average molecular weight is 356 g/mol. The number of carbonyl (C=O) groups excluding carboxylic acids is 2. The van der Waals surface area contributed by atoms with E-state index in [1.54, 1.807) is 29.6 Å². The zero-order valence-electron chi connectivity index (χ0n) is 14.3. The lowest BCUT2D eigenvalue weighted by Crippen LogP contribution is -2.95. The van der Waals surface area contributed by atoms with E-state index in [-0.39, 0.29) is 6.42 Å². The number of anilines is 1. The summed E-state index contributed by atoms with van der Waals surface area (Å²) in [6.45, 7) is 1.09. The number of hydrogen-bond acceptors (Lipinski definition) is 5. The molecule has 26 heavy (non-hydrogen) atoms. The van der Waals surface area contributed by atoms with Gasteiger partial charge in [0.05, 0.1) is 23.8 Å². The molecule has 0 aromatic heterocycles. The van der Waals surface area contributed by atoms with Gasteiger partial charge in [0.25, 0.3) is 0 Å². The van der Waals surface area contributed by atoms with Gasteiger partial charge in [-0.25, -0.2) is 0 Å². The minimum atomic E-state index is -1.26. The molecule has 8 heteroatoms. The van der Waals surface area contributed by atoms with Gasteiger partial charge in [0, 0.05) is 5.69 Å². The van der Waals surface area contributed by atoms with Crippen molar-refractivity contribution in [1.82, 2.24) is 0 Å². The van der Waals surface area contributed by atoms with Gasteiger partial charge in [0.2, 0.25) is 5.91 Å². The molecule has 0 aliphatic rings. The van der Waals surface area contributed by atoms with Gasteiger partial charge in [-0.05, 0) is 36.4 Å². The van der Waals surface area contributed by atoms with E-state index in [0.29, 0.717) is 24.5 Å². The topological polar surface area (TPSA) is 138 Å². The standard InChI is InChI=1S/C18H21N5O3/c19-10-11-20-16(18(25)26)12-17(24)21-13-6-8-15(9-7-13)23-22-14-4-2-1-3-5-14/h1-9,16,20H,10-12,19H2,(H,21,24)(H,25,26)/p+1/t16-/m0/s1. The maximum atomic E-state index is 12.0. The third-order valence-corrected chi connectivity index (χ3v) is 3.55. The van der Waals surface area contributed by atoms with Crippen molar-refractivity contribution >= 4 is 28.9 Å². The quantitative estimate of drug-likeness (QED) is 0.515. The number of azo groups is 1. The number of nitrogens with two attached hydrogens (primary N) is 1. The highest BCUT2D eigenvalue weighted by Gasteiger charge is 2.18. The smallest absolute Gasteiger partial charge is 0.230 e. The van der Waals surface area contributed by atoms with Crippen molar-refractivity contribution in [2.45, 2.75) is 12.5 Å². The normalized spacial score (nSPS) is 12.0. The minimum Gasteiger partial charge on any atom is -0.544 e. The second-order valence-electron chi connectivity index (χ2n) is 5.64. The van der Waals surface area contributed by atoms with Crippen LogP contribution in [0.5, 0.6) is 0 Å². The van der Waals surface area contributed by atoms with Crippen molar-refractivity contribution in [3.63, 3.8) is 0 Å². The van der Waals surface area contributed by atoms with E-state index >= 15 is 0 Å². The Hall–Kier alpha value is -3.10. The summed E-state index contributed by atoms with van der Waals surface area (Å²) < 4.78 is 0. The molecule has 0 fully saturated rings. The summed E-state index contributed by atoms with van der Waals surface area (Å²) in [5.41, 5.74) is 5.59. The fourth-order valence-corrected chi connectivity index (χ4v) is 2.22. The van der Waals surface area contributed by atoms with Gasteiger partial charge in [-0.3, -0.25) is 4.79 Å². The van der Waals surface area contributed by atoms with Gasteiger partial charge in [-0.1, -0.05) is 18.2 Å². The fraction of sp³-hybridized carbons (Fsp3) is 0.222. The average Bonchev–Trinajstić information content (AvgIpc) is 2.65. The first-order valence-corrected chi connectivity index (χ1v) is 8.28. The highest BCUT2D eigenvalue weighted by molar-refractivity contribution is 5.93. The molecule has 0 saturated carbocycles. The van der Waals surface area contributed by atoms with Gasteiger partial charge in [-0.15, -0.1) is 0 Å². The van der Waals surface area contributed by atoms with Gasteiger partial charge in [-0.2, -0.15) is 10.2 Å². The Morgan fingerprint density at radius 2 is 1.65 bits per heavy atom. The molecule has 136 valence electrons. The van der Waals surface area contributed by atoms with Crippen molar-refractivity contribution in [3.05, 3.63) is 54.6 Å². The first kappa shape index (κ1) is 19.2. The number of nitrogens with one attached hydrogen (secondary N) is 1. The summed E-state index contributed by atoms with van der Waals surface area (Å²) in [6, 6.07) is 15.2. The van der Waals surface area contributed by atoms with Crippen LogP contribution in [0.2, 0.25) is 0 Å². The molecule has 2 aromatic carbocycles. The molecule has 0 unspecified atom stereocenters. The summed E-state index contributed by atoms with van der Waals surface area (Å²) >= 11 is 0. The zero-order chi connectivity index (χ0) is 18.8. The highest BCUT2D eigenvalue weighted by atomic mass is 16.4. The highest BCUT2D eigenvalue weighted by Crippen LogP contribution is 2.20. The number of carboxylic acids is 1. The predicted molar refractivity (Wildman–Crippen MR) is 93.6 cm³/mol. The van der Waals surface area contributed by atoms with Crippen molar-refractivity contribution < 1.29 is 25.7 Å². The molecule has 0 spiro atoms. The van der Waals surface area contributed by atoms with Crippen LogP contribution in [-0.4, -0.2) is 31.0 Å². The van der Waals surface area contributed by atoms with Crippen LogP contribution < -0.4 is 21.5 Å². The van der Waals surface area contributed by atoms with Crippen molar-refractivity contribution in [2.24, 2.45) is 10.2 Å². The van der Waals surface area contributed by atoms with Gasteiger partial charge >= 0.3 is 0 Å². The van der Waals surface area contributed by atoms with Crippen LogP contribution in [0.15, 0.2) is 64.8 Å². The number of benzene rings is 2. The van der Waals surface area contributed by atoms with E-state index in [0.717, 1.165) is 5.69 Å². The van der Waals surface area contributed by atoms with E-state index in [1.807, 2.05) is 30.3 Å². The Kier molecular flexibility index (Phi) is 7.41. The molecule has 0 radical (unpaired) electrons. The number of hydrogen-bond donors (Lipinski definition) is 3. The summed E-state index contributed by atoms with van der Waals surface area (Å²) in [6.07, 6.45) is -0.169. The molecule has 0 aliphatic carbocycles. The number of aliphatic carboxylic acids is 1. The van der Waals surface area contributed by atoms with E-state index in [9.17, 15) is 14.7 Å². The third-order valence-electron chi connectivity index (χ3n) is 3.55. The van der Waals surface area contributed by atoms with E-state index < -0.39 is 17.9 Å². The molecule has 2 aromatic rings. The lowest BCUT2D eigenvalue weighted by molar-refractivity contribution is -0.695. The first-order chi connectivity index (χ1) is 12.6. The van der Waals surface area contributed by atoms with Gasteiger partial charge in [0.15, 0.2) is 0 Å². The van der Waals surface area contributed by atoms with E-state index in [1.165, 1.54) is 0 Å². The van der Waals surface area contributed by atoms with E-state index in [2.05, 4.69) is 21.3 Å². The first-order valence-electron chi connectivity index (χ1n) is 8.28. The Morgan fingerprint density at radius 3 is 2.23 bits per heavy atom. The zero-order valence-corrected chi connectivity index (χ0v) is 14.3. The van der Waals surface area contributed by atoms with Crippen LogP contribution in [0.25, 0.3) is 0 Å². The predicted octanol–water partition coefficient (Wildman–Crippen LogP) is -0.646. The number of carbonyl (C=O) groups is 2. The molecule has 2 rings (SSSR count). The van der Waals surface area contributed by atoms with Crippen LogP contribution in [0.3, 0.4) is 0 Å². The van der Waals surface area contributed by atoms with Crippen LogP contribution in [-0.2, 0) is 9.59 Å². The lowest BCUT2D eigenvalue weighted by atomic mass is 10.2. The number of amides is 1. The van der Waals surface area contributed by atoms with Crippen molar-refractivity contribution in [2.75, 3.05) is 18.4 Å². The molecule has 1 atom stereocenters. The van der Waals surface area contributed by atoms with Gasteiger partial charge < -0.3 is 26.3 Å². The Bertz CT molecular complexity index is 747. The van der Waals surface area contributed by atoms with Crippen LogP contribution in [0.4, 0.5) is 17.1 Å².